The van der Waals surface area contributed by atoms with Gasteiger partial charge in [0.1, 0.15) is 5.69 Å². The van der Waals surface area contributed by atoms with E-state index in [0.29, 0.717) is 12.0 Å². The lowest BCUT2D eigenvalue weighted by atomic mass is 10.2. The van der Waals surface area contributed by atoms with Gasteiger partial charge in [-0.05, 0) is 12.1 Å². The van der Waals surface area contributed by atoms with Gasteiger partial charge in [-0.1, -0.05) is 11.8 Å². The maximum Gasteiger partial charge on any atom is 0.293 e. The summed E-state index contributed by atoms with van der Waals surface area (Å²) in [6.07, 6.45) is 0.345. The maximum absolute atomic E-state index is 10.5. The molecule has 1 aromatic rings. The van der Waals surface area contributed by atoms with Crippen molar-refractivity contribution in [1.82, 2.24) is 0 Å². The van der Waals surface area contributed by atoms with Crippen LogP contribution in [0.4, 0.5) is 11.4 Å². The molecule has 3 N–H and O–H groups in total. The lowest BCUT2D eigenvalue weighted by Gasteiger charge is -1.96. The number of hydrogen-bond acceptors (Lipinski definition) is 4. The molecule has 0 aromatic heterocycles. The number of nitrogens with zero attached hydrogens (tertiary/aromatic N) is 1. The molecular formula is C10H10N2O3. The number of nitrogens with two attached hydrogens (primary N) is 1. The van der Waals surface area contributed by atoms with E-state index in [-0.39, 0.29) is 18.0 Å². The number of nitrogen functional groups attached to an aromatic ring is 1. The van der Waals surface area contributed by atoms with Crippen LogP contribution >= 0.6 is 0 Å². The van der Waals surface area contributed by atoms with Crippen LogP contribution in [0.5, 0.6) is 0 Å². The third kappa shape index (κ3) is 2.97. The number of rotatable bonds is 2. The van der Waals surface area contributed by atoms with Crippen molar-refractivity contribution >= 4 is 11.4 Å². The highest BCUT2D eigenvalue weighted by Crippen LogP contribution is 2.21. The molecule has 0 unspecified atom stereocenters. The van der Waals surface area contributed by atoms with Gasteiger partial charge in [0.05, 0.1) is 11.5 Å². The van der Waals surface area contributed by atoms with E-state index in [2.05, 4.69) is 11.8 Å². The van der Waals surface area contributed by atoms with E-state index < -0.39 is 4.92 Å². The van der Waals surface area contributed by atoms with Gasteiger partial charge < -0.3 is 10.8 Å². The molecule has 0 amide bonds. The molecule has 0 aliphatic carbocycles. The molecule has 0 fully saturated rings. The van der Waals surface area contributed by atoms with E-state index in [4.69, 9.17) is 10.8 Å². The van der Waals surface area contributed by atoms with E-state index >= 15 is 0 Å². The van der Waals surface area contributed by atoms with Crippen LogP contribution < -0.4 is 5.73 Å². The van der Waals surface area contributed by atoms with Crippen LogP contribution in [0.25, 0.3) is 0 Å². The Bertz CT molecular complexity index is 432. The molecule has 0 aliphatic heterocycles. The topological polar surface area (TPSA) is 89.4 Å². The predicted molar refractivity (Wildman–Crippen MR) is 56.1 cm³/mol. The number of anilines is 1. The number of nitro benzene ring substituents is 1. The zero-order chi connectivity index (χ0) is 11.3. The van der Waals surface area contributed by atoms with Gasteiger partial charge in [0.25, 0.3) is 5.69 Å². The number of nitro groups is 1. The summed E-state index contributed by atoms with van der Waals surface area (Å²) in [6.45, 7) is -0.0237. The van der Waals surface area contributed by atoms with Crippen molar-refractivity contribution in [2.75, 3.05) is 12.3 Å². The fraction of sp³-hybridized carbons (Fsp3) is 0.200. The monoisotopic (exact) mass is 206 g/mol. The van der Waals surface area contributed by atoms with Crippen LogP contribution in [-0.2, 0) is 0 Å². The summed E-state index contributed by atoms with van der Waals surface area (Å²) in [6, 6.07) is 4.37. The number of benzene rings is 1. The molecule has 5 heteroatoms. The molecule has 0 saturated carbocycles. The first-order valence-electron chi connectivity index (χ1n) is 4.29. The van der Waals surface area contributed by atoms with Gasteiger partial charge in [-0.3, -0.25) is 10.1 Å². The second-order valence-corrected chi connectivity index (χ2v) is 2.81. The molecule has 0 atom stereocenters. The third-order valence-electron chi connectivity index (χ3n) is 1.70. The molecule has 0 heterocycles. The Labute approximate surface area is 86.7 Å². The molecule has 1 rings (SSSR count). The zero-order valence-electron chi connectivity index (χ0n) is 7.93. The minimum Gasteiger partial charge on any atom is -0.395 e. The fourth-order valence-electron chi connectivity index (χ4n) is 1.00. The fourth-order valence-corrected chi connectivity index (χ4v) is 1.00. The molecule has 0 bridgehead atoms. The number of aliphatic hydroxyl groups excluding tert-OH is 1. The van der Waals surface area contributed by atoms with Crippen LogP contribution in [0.3, 0.4) is 0 Å². The summed E-state index contributed by atoms with van der Waals surface area (Å²) in [5.74, 6) is 5.37. The smallest absolute Gasteiger partial charge is 0.293 e. The molecule has 0 saturated heterocycles. The minimum atomic E-state index is -0.549. The van der Waals surface area contributed by atoms with Gasteiger partial charge >= 0.3 is 0 Å². The van der Waals surface area contributed by atoms with Crippen molar-refractivity contribution in [1.29, 1.82) is 0 Å². The van der Waals surface area contributed by atoms with E-state index in [1.165, 1.54) is 12.1 Å². The minimum absolute atomic E-state index is 0.0237. The Hall–Kier alpha value is -2.06. The molecule has 15 heavy (non-hydrogen) atoms. The summed E-state index contributed by atoms with van der Waals surface area (Å²) in [4.78, 5) is 9.99. The van der Waals surface area contributed by atoms with E-state index in [9.17, 15) is 10.1 Å². The summed E-state index contributed by atoms with van der Waals surface area (Å²) >= 11 is 0. The van der Waals surface area contributed by atoms with Crippen LogP contribution in [-0.4, -0.2) is 16.6 Å². The van der Waals surface area contributed by atoms with Gasteiger partial charge in [0.2, 0.25) is 0 Å². The lowest BCUT2D eigenvalue weighted by molar-refractivity contribution is -0.383. The van der Waals surface area contributed by atoms with Gasteiger partial charge in [-0.25, -0.2) is 0 Å². The highest BCUT2D eigenvalue weighted by Gasteiger charge is 2.10. The van der Waals surface area contributed by atoms with Crippen LogP contribution in [0.15, 0.2) is 18.2 Å². The Morgan fingerprint density at radius 1 is 1.53 bits per heavy atom. The van der Waals surface area contributed by atoms with Gasteiger partial charge in [0, 0.05) is 18.1 Å². The van der Waals surface area contributed by atoms with Crippen molar-refractivity contribution in [2.45, 2.75) is 6.42 Å². The Balaban J connectivity index is 2.99. The summed E-state index contributed by atoms with van der Waals surface area (Å²) in [7, 11) is 0. The molecule has 0 aliphatic rings. The quantitative estimate of drug-likeness (QED) is 0.326. The van der Waals surface area contributed by atoms with Crippen molar-refractivity contribution in [3.05, 3.63) is 33.9 Å². The molecule has 1 aromatic carbocycles. The van der Waals surface area contributed by atoms with Crippen molar-refractivity contribution in [3.8, 4) is 11.8 Å². The van der Waals surface area contributed by atoms with Crippen molar-refractivity contribution in [3.63, 3.8) is 0 Å². The summed E-state index contributed by atoms with van der Waals surface area (Å²) < 4.78 is 0. The SMILES string of the molecule is Nc1ccc(C#CCCO)cc1[N+](=O)[O-]. The molecule has 5 nitrogen and oxygen atoms in total. The van der Waals surface area contributed by atoms with E-state index in [1.807, 2.05) is 0 Å². The summed E-state index contributed by atoms with van der Waals surface area (Å²) in [5.41, 5.74) is 5.90. The Kier molecular flexibility index (Phi) is 3.66. The van der Waals surface area contributed by atoms with Crippen molar-refractivity contribution < 1.29 is 10.0 Å². The second-order valence-electron chi connectivity index (χ2n) is 2.81. The molecular weight excluding hydrogens is 196 g/mol. The highest BCUT2D eigenvalue weighted by molar-refractivity contribution is 5.61. The summed E-state index contributed by atoms with van der Waals surface area (Å²) in [5, 5.41) is 19.0. The largest absolute Gasteiger partial charge is 0.395 e. The van der Waals surface area contributed by atoms with Crippen molar-refractivity contribution in [2.24, 2.45) is 0 Å². The third-order valence-corrected chi connectivity index (χ3v) is 1.70. The molecule has 78 valence electrons. The van der Waals surface area contributed by atoms with Crippen LogP contribution in [0, 0.1) is 22.0 Å². The van der Waals surface area contributed by atoms with Gasteiger partial charge in [-0.2, -0.15) is 0 Å². The van der Waals surface area contributed by atoms with E-state index in [0.717, 1.165) is 0 Å². The first kappa shape index (κ1) is 11.0. The van der Waals surface area contributed by atoms with Gasteiger partial charge in [0.15, 0.2) is 0 Å². The lowest BCUT2D eigenvalue weighted by Crippen LogP contribution is -1.95. The highest BCUT2D eigenvalue weighted by atomic mass is 16.6. The standard InChI is InChI=1S/C10H10N2O3/c11-9-5-4-8(3-1-2-6-13)7-10(9)12(14)15/h4-5,7,13H,2,6,11H2. The number of hydrogen-bond donors (Lipinski definition) is 2. The van der Waals surface area contributed by atoms with Crippen LogP contribution in [0.2, 0.25) is 0 Å². The Morgan fingerprint density at radius 3 is 2.87 bits per heavy atom. The second kappa shape index (κ2) is 4.98. The average molecular weight is 206 g/mol. The normalized spacial score (nSPS) is 9.13. The zero-order valence-corrected chi connectivity index (χ0v) is 7.93. The first-order chi connectivity index (χ1) is 7.15. The molecule has 0 radical (unpaired) electrons. The number of aliphatic hydroxyl groups is 1. The van der Waals surface area contributed by atoms with Gasteiger partial charge in [-0.15, -0.1) is 0 Å². The van der Waals surface area contributed by atoms with Crippen LogP contribution in [0.1, 0.15) is 12.0 Å². The Morgan fingerprint density at radius 2 is 2.27 bits per heavy atom. The maximum atomic E-state index is 10.5. The first-order valence-corrected chi connectivity index (χ1v) is 4.29. The average Bonchev–Trinajstić information content (AvgIpc) is 2.20. The van der Waals surface area contributed by atoms with E-state index in [1.54, 1.807) is 6.07 Å². The molecule has 0 spiro atoms. The predicted octanol–water partition coefficient (Wildman–Crippen LogP) is 0.911.